The van der Waals surface area contributed by atoms with Crippen molar-refractivity contribution in [2.45, 2.75) is 37.1 Å². The molecular formula is C18H27FN2O4S. The lowest BCUT2D eigenvalue weighted by Crippen LogP contribution is -2.42. The molecule has 3 rings (SSSR count). The summed E-state index contributed by atoms with van der Waals surface area (Å²) in [4.78, 5) is -0.0363. The van der Waals surface area contributed by atoms with Gasteiger partial charge in [0.15, 0.2) is 11.6 Å². The van der Waals surface area contributed by atoms with E-state index in [4.69, 9.17) is 15.2 Å². The van der Waals surface area contributed by atoms with Crippen molar-refractivity contribution in [3.05, 3.63) is 24.0 Å². The van der Waals surface area contributed by atoms with Crippen molar-refractivity contribution in [2.24, 2.45) is 17.6 Å². The maximum absolute atomic E-state index is 14.3. The molecule has 8 heteroatoms. The number of halogens is 1. The van der Waals surface area contributed by atoms with Gasteiger partial charge in [-0.1, -0.05) is 0 Å². The van der Waals surface area contributed by atoms with Crippen molar-refractivity contribution in [2.75, 3.05) is 32.9 Å². The second-order valence-corrected chi connectivity index (χ2v) is 9.17. The van der Waals surface area contributed by atoms with Crippen LogP contribution in [-0.2, 0) is 14.8 Å². The molecule has 2 atom stereocenters. The molecule has 0 spiro atoms. The Labute approximate surface area is 154 Å². The fourth-order valence-electron chi connectivity index (χ4n) is 3.47. The average molecular weight is 386 g/mol. The van der Waals surface area contributed by atoms with Crippen LogP contribution in [0.2, 0.25) is 0 Å². The van der Waals surface area contributed by atoms with E-state index in [1.54, 1.807) is 0 Å². The smallest absolute Gasteiger partial charge is 0.243 e. The third kappa shape index (κ3) is 4.36. The Bertz CT molecular complexity index is 712. The van der Waals surface area contributed by atoms with Crippen LogP contribution >= 0.6 is 0 Å². The second kappa shape index (κ2) is 8.21. The lowest BCUT2D eigenvalue weighted by Gasteiger charge is -2.32. The first-order valence-electron chi connectivity index (χ1n) is 9.13. The van der Waals surface area contributed by atoms with Crippen molar-refractivity contribution < 1.29 is 22.3 Å². The summed E-state index contributed by atoms with van der Waals surface area (Å²) >= 11 is 0. The molecule has 0 saturated carbocycles. The molecule has 2 unspecified atom stereocenters. The summed E-state index contributed by atoms with van der Waals surface area (Å²) in [5.74, 6) is -0.000424. The minimum Gasteiger partial charge on any atom is -0.490 e. The van der Waals surface area contributed by atoms with Gasteiger partial charge < -0.3 is 15.2 Å². The Morgan fingerprint density at radius 2 is 2.08 bits per heavy atom. The fraction of sp³-hybridized carbons (Fsp3) is 0.667. The molecule has 2 heterocycles. The SMILES string of the molecule is CC(N)C1CCN(S(=O)(=O)c2ccc(OCC3CCOC3)c(F)c2)CC1. The molecule has 2 N–H and O–H groups in total. The van der Waals surface area contributed by atoms with E-state index in [0.29, 0.717) is 38.8 Å². The standard InChI is InChI=1S/C18H27FN2O4S/c1-13(20)15-4-7-21(8-5-15)26(22,23)16-2-3-18(17(19)10-16)25-12-14-6-9-24-11-14/h2-3,10,13-15H,4-9,11-12,20H2,1H3. The van der Waals surface area contributed by atoms with Gasteiger partial charge in [0.2, 0.25) is 10.0 Å². The number of sulfonamides is 1. The Balaban J connectivity index is 1.65. The van der Waals surface area contributed by atoms with E-state index in [0.717, 1.165) is 25.3 Å². The number of ether oxygens (including phenoxy) is 2. The molecule has 2 saturated heterocycles. The van der Waals surface area contributed by atoms with Gasteiger partial charge in [0, 0.05) is 31.7 Å². The predicted molar refractivity (Wildman–Crippen MR) is 96.0 cm³/mol. The van der Waals surface area contributed by atoms with Crippen molar-refractivity contribution in [1.29, 1.82) is 0 Å². The Morgan fingerprint density at radius 3 is 2.65 bits per heavy atom. The van der Waals surface area contributed by atoms with Crippen LogP contribution in [0.3, 0.4) is 0 Å². The Kier molecular flexibility index (Phi) is 6.17. The van der Waals surface area contributed by atoms with Gasteiger partial charge in [-0.15, -0.1) is 0 Å². The van der Waals surface area contributed by atoms with Crippen LogP contribution in [0.1, 0.15) is 26.2 Å². The van der Waals surface area contributed by atoms with Gasteiger partial charge in [-0.2, -0.15) is 4.31 Å². The van der Waals surface area contributed by atoms with E-state index >= 15 is 0 Å². The van der Waals surface area contributed by atoms with Crippen molar-refractivity contribution in [3.8, 4) is 5.75 Å². The van der Waals surface area contributed by atoms with E-state index in [-0.39, 0.29) is 22.6 Å². The third-order valence-electron chi connectivity index (χ3n) is 5.28. The summed E-state index contributed by atoms with van der Waals surface area (Å²) < 4.78 is 52.0. The maximum Gasteiger partial charge on any atom is 0.243 e. The highest BCUT2D eigenvalue weighted by Gasteiger charge is 2.31. The van der Waals surface area contributed by atoms with Crippen LogP contribution in [0.5, 0.6) is 5.75 Å². The molecular weight excluding hydrogens is 359 g/mol. The van der Waals surface area contributed by atoms with E-state index in [2.05, 4.69) is 0 Å². The first-order chi connectivity index (χ1) is 12.4. The summed E-state index contributed by atoms with van der Waals surface area (Å²) in [6.07, 6.45) is 2.35. The van der Waals surface area contributed by atoms with Crippen molar-refractivity contribution >= 4 is 10.0 Å². The van der Waals surface area contributed by atoms with Gasteiger partial charge in [0.05, 0.1) is 18.1 Å². The summed E-state index contributed by atoms with van der Waals surface area (Å²) in [6.45, 7) is 4.46. The van der Waals surface area contributed by atoms with Crippen LogP contribution < -0.4 is 10.5 Å². The Morgan fingerprint density at radius 1 is 1.35 bits per heavy atom. The first-order valence-corrected chi connectivity index (χ1v) is 10.6. The predicted octanol–water partition coefficient (Wildman–Crippen LogP) is 1.99. The lowest BCUT2D eigenvalue weighted by atomic mass is 9.92. The Hall–Kier alpha value is -1.22. The highest BCUT2D eigenvalue weighted by Crippen LogP contribution is 2.28. The van der Waals surface area contributed by atoms with Crippen molar-refractivity contribution in [1.82, 2.24) is 4.31 Å². The molecule has 2 fully saturated rings. The molecule has 1 aromatic carbocycles. The zero-order chi connectivity index (χ0) is 18.7. The van der Waals surface area contributed by atoms with E-state index in [1.165, 1.54) is 16.4 Å². The summed E-state index contributed by atoms with van der Waals surface area (Å²) in [6, 6.07) is 3.91. The largest absolute Gasteiger partial charge is 0.490 e. The number of nitrogens with zero attached hydrogens (tertiary/aromatic N) is 1. The fourth-order valence-corrected chi connectivity index (χ4v) is 4.95. The zero-order valence-electron chi connectivity index (χ0n) is 15.1. The highest BCUT2D eigenvalue weighted by atomic mass is 32.2. The molecule has 2 aliphatic rings. The number of hydrogen-bond donors (Lipinski definition) is 1. The second-order valence-electron chi connectivity index (χ2n) is 7.23. The molecule has 2 aliphatic heterocycles. The van der Waals surface area contributed by atoms with Crippen LogP contribution in [0.25, 0.3) is 0 Å². The van der Waals surface area contributed by atoms with Gasteiger partial charge in [0.1, 0.15) is 0 Å². The van der Waals surface area contributed by atoms with Crippen LogP contribution in [0.15, 0.2) is 23.1 Å². The van der Waals surface area contributed by atoms with Crippen LogP contribution in [0, 0.1) is 17.7 Å². The zero-order valence-corrected chi connectivity index (χ0v) is 15.9. The van der Waals surface area contributed by atoms with E-state index < -0.39 is 15.8 Å². The molecule has 0 radical (unpaired) electrons. The van der Waals surface area contributed by atoms with Gasteiger partial charge in [-0.25, -0.2) is 12.8 Å². The summed E-state index contributed by atoms with van der Waals surface area (Å²) in [7, 11) is -3.70. The van der Waals surface area contributed by atoms with Crippen molar-refractivity contribution in [3.63, 3.8) is 0 Å². The number of hydrogen-bond acceptors (Lipinski definition) is 5. The number of rotatable bonds is 6. The van der Waals surface area contributed by atoms with E-state index in [9.17, 15) is 12.8 Å². The van der Waals surface area contributed by atoms with Gasteiger partial charge >= 0.3 is 0 Å². The van der Waals surface area contributed by atoms with Crippen LogP contribution in [0.4, 0.5) is 4.39 Å². The quantitative estimate of drug-likeness (QED) is 0.809. The maximum atomic E-state index is 14.3. The minimum absolute atomic E-state index is 0.0363. The third-order valence-corrected chi connectivity index (χ3v) is 7.18. The average Bonchev–Trinajstić information content (AvgIpc) is 3.14. The molecule has 146 valence electrons. The van der Waals surface area contributed by atoms with E-state index in [1.807, 2.05) is 6.92 Å². The van der Waals surface area contributed by atoms with Gasteiger partial charge in [-0.3, -0.25) is 0 Å². The van der Waals surface area contributed by atoms with Gasteiger partial charge in [0.25, 0.3) is 0 Å². The molecule has 0 aromatic heterocycles. The monoisotopic (exact) mass is 386 g/mol. The minimum atomic E-state index is -3.70. The molecule has 6 nitrogen and oxygen atoms in total. The first kappa shape index (κ1) is 19.5. The molecule has 1 aromatic rings. The lowest BCUT2D eigenvalue weighted by molar-refractivity contribution is 0.165. The number of benzene rings is 1. The molecule has 0 amide bonds. The molecule has 26 heavy (non-hydrogen) atoms. The number of nitrogens with two attached hydrogens (primary N) is 1. The summed E-state index contributed by atoms with van der Waals surface area (Å²) in [5.41, 5.74) is 5.90. The molecule has 0 bridgehead atoms. The highest BCUT2D eigenvalue weighted by molar-refractivity contribution is 7.89. The normalized spacial score (nSPS) is 23.9. The summed E-state index contributed by atoms with van der Waals surface area (Å²) in [5, 5.41) is 0. The topological polar surface area (TPSA) is 81.9 Å². The molecule has 0 aliphatic carbocycles. The van der Waals surface area contributed by atoms with Gasteiger partial charge in [-0.05, 0) is 50.3 Å². The number of piperidine rings is 1. The van der Waals surface area contributed by atoms with Crippen LogP contribution in [-0.4, -0.2) is 51.7 Å².